The molecule has 0 aliphatic carbocycles. The number of ether oxygens (including phenoxy) is 1. The topological polar surface area (TPSA) is 64.1 Å². The highest BCUT2D eigenvalue weighted by molar-refractivity contribution is 8.02. The number of nitrogens with one attached hydrogen (secondary N) is 1. The Morgan fingerprint density at radius 3 is 3.25 bits per heavy atom. The number of carbonyl (C=O) groups excluding carboxylic acids is 1. The van der Waals surface area contributed by atoms with Crippen LogP contribution in [0.4, 0.5) is 5.13 Å². The number of aromatic nitrogens is 2. The molecular formula is C9H11N3O2S2. The summed E-state index contributed by atoms with van der Waals surface area (Å²) < 4.78 is 5.66. The van der Waals surface area contributed by atoms with E-state index in [4.69, 9.17) is 4.74 Å². The summed E-state index contributed by atoms with van der Waals surface area (Å²) in [6.45, 7) is 4.77. The number of nitrogens with zero attached hydrogens (tertiary/aromatic N) is 2. The minimum atomic E-state index is -0.152. The number of esters is 1. The molecule has 1 fully saturated rings. The van der Waals surface area contributed by atoms with Crippen LogP contribution in [0, 0.1) is 0 Å². The van der Waals surface area contributed by atoms with Gasteiger partial charge < -0.3 is 10.1 Å². The van der Waals surface area contributed by atoms with Crippen LogP contribution in [0.1, 0.15) is 6.42 Å². The molecule has 2 rings (SSSR count). The number of cyclic esters (lactones) is 1. The molecular weight excluding hydrogens is 246 g/mol. The molecule has 1 aromatic rings. The van der Waals surface area contributed by atoms with E-state index in [2.05, 4.69) is 22.1 Å². The van der Waals surface area contributed by atoms with Crippen molar-refractivity contribution >= 4 is 34.2 Å². The summed E-state index contributed by atoms with van der Waals surface area (Å²) in [4.78, 5) is 11.2. The van der Waals surface area contributed by atoms with Gasteiger partial charge in [0.25, 0.3) is 0 Å². The predicted octanol–water partition coefficient (Wildman–Crippen LogP) is 1.54. The molecule has 0 unspecified atom stereocenters. The quantitative estimate of drug-likeness (QED) is 0.637. The lowest BCUT2D eigenvalue weighted by molar-refractivity contribution is -0.137. The van der Waals surface area contributed by atoms with E-state index in [1.165, 1.54) is 23.1 Å². The lowest BCUT2D eigenvalue weighted by atomic mass is 10.4. The van der Waals surface area contributed by atoms with Gasteiger partial charge in [-0.15, -0.1) is 16.8 Å². The molecule has 0 aromatic carbocycles. The number of thioether (sulfide) groups is 1. The van der Waals surface area contributed by atoms with E-state index >= 15 is 0 Å². The van der Waals surface area contributed by atoms with Crippen LogP contribution in [0.15, 0.2) is 17.0 Å². The fourth-order valence-corrected chi connectivity index (χ4v) is 3.17. The van der Waals surface area contributed by atoms with Gasteiger partial charge in [0.05, 0.1) is 6.61 Å². The highest BCUT2D eigenvalue weighted by Crippen LogP contribution is 2.32. The predicted molar refractivity (Wildman–Crippen MR) is 63.8 cm³/mol. The van der Waals surface area contributed by atoms with Gasteiger partial charge in [0.1, 0.15) is 5.25 Å². The number of carbonyl (C=O) groups is 1. The average molecular weight is 257 g/mol. The van der Waals surface area contributed by atoms with Crippen LogP contribution in [0.3, 0.4) is 0 Å². The second-order valence-electron chi connectivity index (χ2n) is 3.11. The Labute approximate surface area is 101 Å². The molecule has 1 aromatic heterocycles. The molecule has 0 saturated carbocycles. The molecule has 1 saturated heterocycles. The highest BCUT2D eigenvalue weighted by atomic mass is 32.2. The van der Waals surface area contributed by atoms with Gasteiger partial charge in [-0.3, -0.25) is 4.79 Å². The Kier molecular flexibility index (Phi) is 3.79. The van der Waals surface area contributed by atoms with Crippen LogP contribution in [0.2, 0.25) is 0 Å². The fourth-order valence-electron chi connectivity index (χ4n) is 1.19. The van der Waals surface area contributed by atoms with E-state index in [1.807, 2.05) is 0 Å². The molecule has 1 aliphatic heterocycles. The Morgan fingerprint density at radius 1 is 1.69 bits per heavy atom. The second kappa shape index (κ2) is 5.31. The van der Waals surface area contributed by atoms with E-state index < -0.39 is 0 Å². The first kappa shape index (κ1) is 11.4. The van der Waals surface area contributed by atoms with Crippen LogP contribution in [0.5, 0.6) is 0 Å². The number of hydrogen-bond acceptors (Lipinski definition) is 7. The maximum atomic E-state index is 11.2. The summed E-state index contributed by atoms with van der Waals surface area (Å²) in [6.07, 6.45) is 2.50. The average Bonchev–Trinajstić information content (AvgIpc) is 2.87. The summed E-state index contributed by atoms with van der Waals surface area (Å²) in [5.74, 6) is -0.152. The zero-order chi connectivity index (χ0) is 11.4. The monoisotopic (exact) mass is 257 g/mol. The number of rotatable bonds is 5. The van der Waals surface area contributed by atoms with Crippen LogP contribution >= 0.6 is 23.1 Å². The number of anilines is 1. The van der Waals surface area contributed by atoms with E-state index in [0.29, 0.717) is 13.2 Å². The Bertz CT molecular complexity index is 394. The second-order valence-corrected chi connectivity index (χ2v) is 5.53. The molecule has 5 nitrogen and oxygen atoms in total. The Morgan fingerprint density at radius 2 is 2.56 bits per heavy atom. The van der Waals surface area contributed by atoms with Crippen molar-refractivity contribution in [2.75, 3.05) is 18.5 Å². The third kappa shape index (κ3) is 2.73. The standard InChI is InChI=1S/C9H11N3O2S2/c1-2-4-10-8-11-12-9(16-8)15-6-3-5-14-7(6)13/h2,6H,1,3-5H2,(H,10,11)/t6-/m1/s1. The zero-order valence-electron chi connectivity index (χ0n) is 8.51. The molecule has 0 bridgehead atoms. The van der Waals surface area contributed by atoms with Crippen molar-refractivity contribution in [2.45, 2.75) is 16.0 Å². The van der Waals surface area contributed by atoms with Crippen molar-refractivity contribution in [1.82, 2.24) is 10.2 Å². The minimum Gasteiger partial charge on any atom is -0.465 e. The van der Waals surface area contributed by atoms with Gasteiger partial charge in [-0.2, -0.15) is 0 Å². The van der Waals surface area contributed by atoms with Gasteiger partial charge in [-0.1, -0.05) is 29.2 Å². The van der Waals surface area contributed by atoms with Crippen molar-refractivity contribution in [3.8, 4) is 0 Å². The summed E-state index contributed by atoms with van der Waals surface area (Å²) >= 11 is 2.85. The largest absolute Gasteiger partial charge is 0.465 e. The zero-order valence-corrected chi connectivity index (χ0v) is 10.1. The molecule has 86 valence electrons. The van der Waals surface area contributed by atoms with E-state index in [9.17, 15) is 4.79 Å². The Hall–Kier alpha value is -1.08. The van der Waals surface area contributed by atoms with Crippen molar-refractivity contribution < 1.29 is 9.53 Å². The van der Waals surface area contributed by atoms with E-state index in [0.717, 1.165) is 15.9 Å². The third-order valence-corrected chi connectivity index (χ3v) is 4.14. The molecule has 0 spiro atoms. The fraction of sp³-hybridized carbons (Fsp3) is 0.444. The summed E-state index contributed by atoms with van der Waals surface area (Å²) in [5.41, 5.74) is 0. The molecule has 1 N–H and O–H groups in total. The molecule has 1 aliphatic rings. The first-order valence-corrected chi connectivity index (χ1v) is 6.51. The highest BCUT2D eigenvalue weighted by Gasteiger charge is 2.28. The van der Waals surface area contributed by atoms with Crippen LogP contribution in [-0.4, -0.2) is 34.6 Å². The summed E-state index contributed by atoms with van der Waals surface area (Å²) in [6, 6.07) is 0. The van der Waals surface area contributed by atoms with Gasteiger partial charge in [-0.05, 0) is 0 Å². The first-order valence-electron chi connectivity index (χ1n) is 4.81. The van der Waals surface area contributed by atoms with Gasteiger partial charge in [0.15, 0.2) is 4.34 Å². The Balaban J connectivity index is 1.91. The van der Waals surface area contributed by atoms with E-state index in [1.54, 1.807) is 6.08 Å². The third-order valence-electron chi connectivity index (χ3n) is 1.93. The van der Waals surface area contributed by atoms with Gasteiger partial charge in [0.2, 0.25) is 5.13 Å². The molecule has 0 amide bonds. The van der Waals surface area contributed by atoms with Crippen molar-refractivity contribution in [3.63, 3.8) is 0 Å². The normalized spacial score (nSPS) is 19.5. The minimum absolute atomic E-state index is 0.125. The first-order chi connectivity index (χ1) is 7.79. The summed E-state index contributed by atoms with van der Waals surface area (Å²) in [7, 11) is 0. The van der Waals surface area contributed by atoms with Crippen LogP contribution in [-0.2, 0) is 9.53 Å². The van der Waals surface area contributed by atoms with Crippen molar-refractivity contribution in [3.05, 3.63) is 12.7 Å². The summed E-state index contributed by atoms with van der Waals surface area (Å²) in [5, 5.41) is 11.6. The van der Waals surface area contributed by atoms with E-state index in [-0.39, 0.29) is 11.2 Å². The SMILES string of the molecule is C=CCNc1nnc(S[C@@H]2CCOC2=O)s1. The smallest absolute Gasteiger partial charge is 0.319 e. The van der Waals surface area contributed by atoms with Gasteiger partial charge in [0, 0.05) is 13.0 Å². The molecule has 0 radical (unpaired) electrons. The van der Waals surface area contributed by atoms with Crippen molar-refractivity contribution in [1.29, 1.82) is 0 Å². The molecule has 2 heterocycles. The maximum absolute atomic E-state index is 11.2. The van der Waals surface area contributed by atoms with Crippen molar-refractivity contribution in [2.24, 2.45) is 0 Å². The molecule has 7 heteroatoms. The lowest BCUT2D eigenvalue weighted by Crippen LogP contribution is -2.08. The number of hydrogen-bond donors (Lipinski definition) is 1. The van der Waals surface area contributed by atoms with Crippen LogP contribution < -0.4 is 5.32 Å². The maximum Gasteiger partial charge on any atom is 0.319 e. The molecule has 1 atom stereocenters. The van der Waals surface area contributed by atoms with Crippen LogP contribution in [0.25, 0.3) is 0 Å². The lowest BCUT2D eigenvalue weighted by Gasteiger charge is -1.99. The van der Waals surface area contributed by atoms with Gasteiger partial charge in [-0.25, -0.2) is 0 Å². The van der Waals surface area contributed by atoms with Gasteiger partial charge >= 0.3 is 5.97 Å². The molecule has 16 heavy (non-hydrogen) atoms.